The van der Waals surface area contributed by atoms with Crippen LogP contribution in [0.3, 0.4) is 0 Å². The number of carbonyl (C=O) groups excluding carboxylic acids is 1. The lowest BCUT2D eigenvalue weighted by Gasteiger charge is -2.06. The summed E-state index contributed by atoms with van der Waals surface area (Å²) >= 11 is 0. The van der Waals surface area contributed by atoms with Crippen molar-refractivity contribution >= 4 is 5.97 Å². The number of aryl methyl sites for hydroxylation is 1. The second-order valence-electron chi connectivity index (χ2n) is 3.58. The van der Waals surface area contributed by atoms with Crippen molar-refractivity contribution in [1.29, 1.82) is 0 Å². The van der Waals surface area contributed by atoms with Crippen LogP contribution in [0.4, 0.5) is 0 Å². The highest BCUT2D eigenvalue weighted by atomic mass is 16.6. The summed E-state index contributed by atoms with van der Waals surface area (Å²) in [7, 11) is 0. The average molecular weight is 256 g/mol. The summed E-state index contributed by atoms with van der Waals surface area (Å²) in [6, 6.07) is 0. The Kier molecular flexibility index (Phi) is 7.83. The molecule has 0 spiro atoms. The van der Waals surface area contributed by atoms with E-state index in [2.05, 4.69) is 4.98 Å². The van der Waals surface area contributed by atoms with Crippen LogP contribution in [0, 0.1) is 0 Å². The largest absolute Gasteiger partial charge is 0.463 e. The van der Waals surface area contributed by atoms with Crippen LogP contribution < -0.4 is 0 Å². The van der Waals surface area contributed by atoms with E-state index in [-0.39, 0.29) is 12.6 Å². The van der Waals surface area contributed by atoms with E-state index < -0.39 is 0 Å². The first-order valence-corrected chi connectivity index (χ1v) is 6.09. The number of aromatic nitrogens is 2. The molecule has 6 heteroatoms. The first-order chi connectivity index (χ1) is 8.83. The molecular weight excluding hydrogens is 236 g/mol. The van der Waals surface area contributed by atoms with E-state index in [1.807, 2.05) is 17.7 Å². The molecule has 0 radical (unpaired) electrons. The fourth-order valence-corrected chi connectivity index (χ4v) is 1.29. The quantitative estimate of drug-likeness (QED) is 0.459. The van der Waals surface area contributed by atoms with Gasteiger partial charge in [0.25, 0.3) is 0 Å². The summed E-state index contributed by atoms with van der Waals surface area (Å²) in [6.45, 7) is 5.00. The molecule has 102 valence electrons. The Morgan fingerprint density at radius 1 is 1.22 bits per heavy atom. The molecular formula is C12H20N2O4. The van der Waals surface area contributed by atoms with Gasteiger partial charge in [-0.3, -0.25) is 4.79 Å². The van der Waals surface area contributed by atoms with E-state index in [4.69, 9.17) is 14.2 Å². The number of carbonyl (C=O) groups is 1. The normalized spacial score (nSPS) is 10.5. The summed E-state index contributed by atoms with van der Waals surface area (Å²) < 4.78 is 17.2. The molecule has 0 atom stereocenters. The fourth-order valence-electron chi connectivity index (χ4n) is 1.29. The third kappa shape index (κ3) is 7.03. The molecule has 0 saturated heterocycles. The molecule has 0 amide bonds. The molecule has 0 saturated carbocycles. The van der Waals surface area contributed by atoms with Crippen molar-refractivity contribution in [2.75, 3.05) is 33.0 Å². The molecule has 1 aromatic rings. The molecule has 1 heterocycles. The first kappa shape index (κ1) is 14.7. The molecule has 0 N–H and O–H groups in total. The molecule has 1 rings (SSSR count). The third-order valence-corrected chi connectivity index (χ3v) is 2.20. The average Bonchev–Trinajstić information content (AvgIpc) is 2.88. The van der Waals surface area contributed by atoms with Gasteiger partial charge in [-0.05, 0) is 6.92 Å². The van der Waals surface area contributed by atoms with Gasteiger partial charge in [-0.2, -0.15) is 0 Å². The zero-order valence-corrected chi connectivity index (χ0v) is 10.7. The van der Waals surface area contributed by atoms with Crippen LogP contribution in [0.5, 0.6) is 0 Å². The third-order valence-electron chi connectivity index (χ3n) is 2.20. The lowest BCUT2D eigenvalue weighted by molar-refractivity contribution is -0.145. The molecule has 0 aliphatic carbocycles. The molecule has 0 unspecified atom stereocenters. The number of imidazole rings is 1. The van der Waals surface area contributed by atoms with Gasteiger partial charge >= 0.3 is 5.97 Å². The van der Waals surface area contributed by atoms with E-state index in [0.717, 1.165) is 0 Å². The molecule has 0 aliphatic rings. The summed E-state index contributed by atoms with van der Waals surface area (Å²) in [6.07, 6.45) is 5.50. The van der Waals surface area contributed by atoms with Crippen LogP contribution in [-0.2, 0) is 25.5 Å². The minimum Gasteiger partial charge on any atom is -0.463 e. The van der Waals surface area contributed by atoms with Crippen LogP contribution in [-0.4, -0.2) is 48.6 Å². The molecule has 6 nitrogen and oxygen atoms in total. The standard InChI is InChI=1S/C12H20N2O4/c1-2-16-7-8-17-9-10-18-12(15)3-5-14-6-4-13-11-14/h4,6,11H,2-3,5,7-10H2,1H3. The van der Waals surface area contributed by atoms with E-state index in [0.29, 0.717) is 39.4 Å². The summed E-state index contributed by atoms with van der Waals surface area (Å²) in [5.41, 5.74) is 0. The number of hydrogen-bond donors (Lipinski definition) is 0. The van der Waals surface area contributed by atoms with Crippen molar-refractivity contribution in [2.24, 2.45) is 0 Å². The van der Waals surface area contributed by atoms with Gasteiger partial charge in [-0.1, -0.05) is 0 Å². The van der Waals surface area contributed by atoms with Crippen LogP contribution in [0.1, 0.15) is 13.3 Å². The molecule has 0 aromatic carbocycles. The predicted octanol–water partition coefficient (Wildman–Crippen LogP) is 0.869. The van der Waals surface area contributed by atoms with E-state index >= 15 is 0 Å². The smallest absolute Gasteiger partial charge is 0.307 e. The number of nitrogens with zero attached hydrogens (tertiary/aromatic N) is 2. The lowest BCUT2D eigenvalue weighted by Crippen LogP contribution is -2.14. The summed E-state index contributed by atoms with van der Waals surface area (Å²) in [5.74, 6) is -0.225. The van der Waals surface area contributed by atoms with Crippen molar-refractivity contribution < 1.29 is 19.0 Å². The van der Waals surface area contributed by atoms with E-state index in [9.17, 15) is 4.79 Å². The van der Waals surface area contributed by atoms with Crippen molar-refractivity contribution in [3.63, 3.8) is 0 Å². The van der Waals surface area contributed by atoms with Gasteiger partial charge in [0.2, 0.25) is 0 Å². The lowest BCUT2D eigenvalue weighted by atomic mass is 10.4. The number of ether oxygens (including phenoxy) is 3. The van der Waals surface area contributed by atoms with Crippen LogP contribution in [0.25, 0.3) is 0 Å². The second-order valence-corrected chi connectivity index (χ2v) is 3.58. The maximum atomic E-state index is 11.3. The Labute approximate surface area is 107 Å². The Morgan fingerprint density at radius 2 is 2.00 bits per heavy atom. The van der Waals surface area contributed by atoms with E-state index in [1.54, 1.807) is 12.5 Å². The van der Waals surface area contributed by atoms with Gasteiger partial charge < -0.3 is 18.8 Å². The number of esters is 1. The zero-order valence-electron chi connectivity index (χ0n) is 10.7. The van der Waals surface area contributed by atoms with Crippen molar-refractivity contribution in [2.45, 2.75) is 19.9 Å². The van der Waals surface area contributed by atoms with Crippen molar-refractivity contribution in [1.82, 2.24) is 9.55 Å². The zero-order chi connectivity index (χ0) is 13.1. The van der Waals surface area contributed by atoms with Crippen molar-refractivity contribution in [3.8, 4) is 0 Å². The molecule has 1 aromatic heterocycles. The highest BCUT2D eigenvalue weighted by Gasteiger charge is 2.02. The number of hydrogen-bond acceptors (Lipinski definition) is 5. The SMILES string of the molecule is CCOCCOCCOC(=O)CCn1ccnc1. The van der Waals surface area contributed by atoms with Crippen LogP contribution in [0.15, 0.2) is 18.7 Å². The predicted molar refractivity (Wildman–Crippen MR) is 65.1 cm³/mol. The van der Waals surface area contributed by atoms with Crippen LogP contribution in [0.2, 0.25) is 0 Å². The Bertz CT molecular complexity index is 314. The molecule has 0 bridgehead atoms. The summed E-state index contributed by atoms with van der Waals surface area (Å²) in [4.78, 5) is 15.2. The van der Waals surface area contributed by atoms with Crippen LogP contribution >= 0.6 is 0 Å². The second kappa shape index (κ2) is 9.61. The maximum Gasteiger partial charge on any atom is 0.307 e. The van der Waals surface area contributed by atoms with Gasteiger partial charge in [0.05, 0.1) is 32.6 Å². The molecule has 0 aliphatic heterocycles. The maximum absolute atomic E-state index is 11.3. The van der Waals surface area contributed by atoms with Crippen molar-refractivity contribution in [3.05, 3.63) is 18.7 Å². The Balaban J connectivity index is 1.90. The van der Waals surface area contributed by atoms with E-state index in [1.165, 1.54) is 0 Å². The van der Waals surface area contributed by atoms with Gasteiger partial charge in [0.15, 0.2) is 0 Å². The first-order valence-electron chi connectivity index (χ1n) is 6.09. The fraction of sp³-hybridized carbons (Fsp3) is 0.667. The van der Waals surface area contributed by atoms with Gasteiger partial charge in [0, 0.05) is 25.5 Å². The highest BCUT2D eigenvalue weighted by Crippen LogP contribution is 1.93. The molecule has 18 heavy (non-hydrogen) atoms. The Morgan fingerprint density at radius 3 is 2.72 bits per heavy atom. The van der Waals surface area contributed by atoms with Gasteiger partial charge in [0.1, 0.15) is 6.61 Å². The summed E-state index contributed by atoms with van der Waals surface area (Å²) in [5, 5.41) is 0. The molecule has 0 fully saturated rings. The highest BCUT2D eigenvalue weighted by molar-refractivity contribution is 5.69. The Hall–Kier alpha value is -1.40. The minimum absolute atomic E-state index is 0.225. The number of rotatable bonds is 10. The van der Waals surface area contributed by atoms with Gasteiger partial charge in [-0.15, -0.1) is 0 Å². The minimum atomic E-state index is -0.225. The topological polar surface area (TPSA) is 62.6 Å². The monoisotopic (exact) mass is 256 g/mol. The van der Waals surface area contributed by atoms with Gasteiger partial charge in [-0.25, -0.2) is 4.98 Å².